The molecule has 0 spiro atoms. The standard InChI is InChI=1S/C28H47O7P/c1-17(5-10-25(30)31)21-8-9-22-20-7-6-18-15-19(35-26(32)12-14-36(4,33)34)11-13-27(18,2)23(20)16-24(29)28(21,22)3/h17-24,29H,5-16H2,1-4H3,(H,30,31)(H,33,34)/t17-,18-,19-,20?,21?,22?,23?,24+,27+,28-/m1/s1. The third-order valence-electron chi connectivity index (χ3n) is 11.3. The van der Waals surface area contributed by atoms with Crippen molar-refractivity contribution in [3.05, 3.63) is 0 Å². The highest BCUT2D eigenvalue weighted by Crippen LogP contribution is 2.68. The summed E-state index contributed by atoms with van der Waals surface area (Å²) in [5, 5.41) is 20.8. The average molecular weight is 527 g/mol. The number of aliphatic carboxylic acids is 1. The van der Waals surface area contributed by atoms with Gasteiger partial charge in [-0.1, -0.05) is 20.8 Å². The minimum atomic E-state index is -3.21. The maximum Gasteiger partial charge on any atom is 0.306 e. The first-order chi connectivity index (χ1) is 16.8. The molecule has 0 heterocycles. The number of carbonyl (C=O) groups excluding carboxylic acids is 1. The highest BCUT2D eigenvalue weighted by atomic mass is 31.2. The lowest BCUT2D eigenvalue weighted by molar-refractivity contribution is -0.181. The second-order valence-electron chi connectivity index (χ2n) is 13.3. The van der Waals surface area contributed by atoms with E-state index in [1.807, 2.05) is 0 Å². The average Bonchev–Trinajstić information content (AvgIpc) is 3.15. The van der Waals surface area contributed by atoms with Crippen LogP contribution in [0.1, 0.15) is 91.4 Å². The number of esters is 1. The summed E-state index contributed by atoms with van der Waals surface area (Å²) in [6, 6.07) is 0. The van der Waals surface area contributed by atoms with Gasteiger partial charge in [0.2, 0.25) is 0 Å². The summed E-state index contributed by atoms with van der Waals surface area (Å²) < 4.78 is 17.3. The monoisotopic (exact) mass is 526 g/mol. The van der Waals surface area contributed by atoms with Crippen molar-refractivity contribution in [1.29, 1.82) is 0 Å². The minimum absolute atomic E-state index is 0.00802. The van der Waals surface area contributed by atoms with Crippen LogP contribution in [0.2, 0.25) is 0 Å². The molecule has 5 unspecified atom stereocenters. The third kappa shape index (κ3) is 5.31. The molecule has 7 nitrogen and oxygen atoms in total. The van der Waals surface area contributed by atoms with Gasteiger partial charge in [0.25, 0.3) is 0 Å². The van der Waals surface area contributed by atoms with Crippen LogP contribution in [0.4, 0.5) is 0 Å². The van der Waals surface area contributed by atoms with E-state index >= 15 is 0 Å². The molecule has 4 aliphatic rings. The summed E-state index contributed by atoms with van der Waals surface area (Å²) in [6.45, 7) is 8.15. The van der Waals surface area contributed by atoms with Crippen molar-refractivity contribution in [3.8, 4) is 0 Å². The third-order valence-corrected chi connectivity index (χ3v) is 12.4. The van der Waals surface area contributed by atoms with E-state index < -0.39 is 13.3 Å². The van der Waals surface area contributed by atoms with Crippen LogP contribution in [-0.2, 0) is 18.9 Å². The molecule has 8 heteroatoms. The number of hydrogen-bond acceptors (Lipinski definition) is 5. The zero-order chi connectivity index (χ0) is 26.5. The first-order valence-electron chi connectivity index (χ1n) is 14.1. The minimum Gasteiger partial charge on any atom is -0.481 e. The van der Waals surface area contributed by atoms with Crippen LogP contribution in [-0.4, -0.2) is 52.1 Å². The van der Waals surface area contributed by atoms with Gasteiger partial charge in [-0.3, -0.25) is 14.2 Å². The van der Waals surface area contributed by atoms with Gasteiger partial charge in [-0.15, -0.1) is 0 Å². The fourth-order valence-electron chi connectivity index (χ4n) is 9.35. The van der Waals surface area contributed by atoms with Gasteiger partial charge in [0.1, 0.15) is 6.10 Å². The highest BCUT2D eigenvalue weighted by molar-refractivity contribution is 7.57. The molecule has 4 aliphatic carbocycles. The SMILES string of the molecule is C[C@H](CCC(=O)O)C1CCC2C3CC[C@@H]4C[C@H](OC(=O)CCP(C)(=O)O)CC[C@]4(C)C3C[C@H](O)[C@@]21C. The Morgan fingerprint density at radius 1 is 1.06 bits per heavy atom. The largest absolute Gasteiger partial charge is 0.481 e. The van der Waals surface area contributed by atoms with E-state index in [0.29, 0.717) is 41.9 Å². The molecule has 11 atom stereocenters. The van der Waals surface area contributed by atoms with Gasteiger partial charge in [0, 0.05) is 19.2 Å². The molecule has 0 aromatic rings. The quantitative estimate of drug-likeness (QED) is 0.289. The van der Waals surface area contributed by atoms with Crippen LogP contribution < -0.4 is 0 Å². The number of hydrogen-bond donors (Lipinski definition) is 3. The maximum atomic E-state index is 12.3. The van der Waals surface area contributed by atoms with Crippen molar-refractivity contribution in [2.24, 2.45) is 46.3 Å². The number of aliphatic hydroxyl groups is 1. The van der Waals surface area contributed by atoms with Crippen LogP contribution in [0.15, 0.2) is 0 Å². The van der Waals surface area contributed by atoms with Crippen molar-refractivity contribution in [1.82, 2.24) is 0 Å². The fourth-order valence-corrected chi connectivity index (χ4v) is 9.94. The Bertz CT molecular complexity index is 885. The predicted octanol–water partition coefficient (Wildman–Crippen LogP) is 5.32. The van der Waals surface area contributed by atoms with Gasteiger partial charge >= 0.3 is 11.9 Å². The lowest BCUT2D eigenvalue weighted by atomic mass is 9.43. The lowest BCUT2D eigenvalue weighted by Gasteiger charge is -2.62. The highest BCUT2D eigenvalue weighted by Gasteiger charge is 2.63. The molecular formula is C28H47O7P. The Morgan fingerprint density at radius 2 is 1.78 bits per heavy atom. The van der Waals surface area contributed by atoms with Crippen molar-refractivity contribution in [3.63, 3.8) is 0 Å². The fraction of sp³-hybridized carbons (Fsp3) is 0.929. The van der Waals surface area contributed by atoms with Crippen LogP contribution in [0.3, 0.4) is 0 Å². The number of carboxylic acid groups (broad SMARTS) is 1. The molecule has 36 heavy (non-hydrogen) atoms. The summed E-state index contributed by atoms with van der Waals surface area (Å²) in [6.07, 6.45) is 8.31. The molecular weight excluding hydrogens is 479 g/mol. The van der Waals surface area contributed by atoms with Gasteiger partial charge in [0.15, 0.2) is 7.37 Å². The van der Waals surface area contributed by atoms with Crippen molar-refractivity contribution in [2.75, 3.05) is 12.8 Å². The summed E-state index contributed by atoms with van der Waals surface area (Å²) in [5.74, 6) is 1.57. The van der Waals surface area contributed by atoms with E-state index in [9.17, 15) is 29.3 Å². The van der Waals surface area contributed by atoms with E-state index in [2.05, 4.69) is 20.8 Å². The summed E-state index contributed by atoms with van der Waals surface area (Å²) in [7, 11) is -3.21. The van der Waals surface area contributed by atoms with E-state index in [-0.39, 0.29) is 48.0 Å². The number of fused-ring (bicyclic) bond motifs is 5. The normalized spacial score (nSPS) is 44.4. The molecule has 4 rings (SSSR count). The zero-order valence-corrected chi connectivity index (χ0v) is 23.4. The second kappa shape index (κ2) is 10.3. The lowest BCUT2D eigenvalue weighted by Crippen LogP contribution is -2.59. The first kappa shape index (κ1) is 28.1. The van der Waals surface area contributed by atoms with Gasteiger partial charge in [-0.2, -0.15) is 0 Å². The Balaban J connectivity index is 1.42. The molecule has 4 saturated carbocycles. The molecule has 3 N–H and O–H groups in total. The number of ether oxygens (including phenoxy) is 1. The van der Waals surface area contributed by atoms with E-state index in [1.54, 1.807) is 0 Å². The Kier molecular flexibility index (Phi) is 8.07. The van der Waals surface area contributed by atoms with Gasteiger partial charge < -0.3 is 19.8 Å². The molecule has 0 amide bonds. The van der Waals surface area contributed by atoms with Crippen LogP contribution in [0.5, 0.6) is 0 Å². The smallest absolute Gasteiger partial charge is 0.306 e. The molecule has 4 fully saturated rings. The summed E-state index contributed by atoms with van der Waals surface area (Å²) >= 11 is 0. The molecule has 206 valence electrons. The number of carboxylic acids is 1. The first-order valence-corrected chi connectivity index (χ1v) is 16.4. The van der Waals surface area contributed by atoms with Crippen LogP contribution in [0.25, 0.3) is 0 Å². The van der Waals surface area contributed by atoms with E-state index in [1.165, 1.54) is 6.66 Å². The Morgan fingerprint density at radius 3 is 2.44 bits per heavy atom. The van der Waals surface area contributed by atoms with Gasteiger partial charge in [-0.25, -0.2) is 0 Å². The van der Waals surface area contributed by atoms with E-state index in [4.69, 9.17) is 4.74 Å². The molecule has 0 aromatic heterocycles. The van der Waals surface area contributed by atoms with Crippen LogP contribution >= 0.6 is 7.37 Å². The predicted molar refractivity (Wildman–Crippen MR) is 138 cm³/mol. The summed E-state index contributed by atoms with van der Waals surface area (Å²) in [4.78, 5) is 32.9. The van der Waals surface area contributed by atoms with Crippen LogP contribution in [0, 0.1) is 46.3 Å². The Labute approximate surface area is 216 Å². The number of aliphatic hydroxyl groups excluding tert-OH is 1. The summed E-state index contributed by atoms with van der Waals surface area (Å²) in [5.41, 5.74) is -0.00813. The molecule has 0 aromatic carbocycles. The van der Waals surface area contributed by atoms with Crippen molar-refractivity contribution in [2.45, 2.75) is 104 Å². The molecule has 0 aliphatic heterocycles. The number of carbonyl (C=O) groups is 2. The second-order valence-corrected chi connectivity index (χ2v) is 15.8. The van der Waals surface area contributed by atoms with Crippen molar-refractivity contribution >= 4 is 19.3 Å². The maximum absolute atomic E-state index is 12.3. The van der Waals surface area contributed by atoms with Gasteiger partial charge in [-0.05, 0) is 104 Å². The zero-order valence-electron chi connectivity index (χ0n) is 22.5. The van der Waals surface area contributed by atoms with Gasteiger partial charge in [0.05, 0.1) is 12.5 Å². The molecule has 0 bridgehead atoms. The Hall–Kier alpha value is -0.910. The van der Waals surface area contributed by atoms with E-state index in [0.717, 1.165) is 51.4 Å². The topological polar surface area (TPSA) is 121 Å². The number of rotatable bonds is 8. The van der Waals surface area contributed by atoms with Crippen molar-refractivity contribution < 1.29 is 34.0 Å². The molecule has 0 saturated heterocycles. The molecule has 0 radical (unpaired) electrons.